The number of aromatic nitrogens is 2. The standard InChI is InChI=1S/C11H17N3OS/c1-16-11-12-6-5-10(13-11)14-7-3-2-4-9(14)8-15/h5-6,9,15H,2-4,7-8H2,1H3. The maximum Gasteiger partial charge on any atom is 0.189 e. The zero-order chi connectivity index (χ0) is 11.4. The van der Waals surface area contributed by atoms with Gasteiger partial charge in [-0.2, -0.15) is 0 Å². The first-order valence-corrected chi connectivity index (χ1v) is 6.82. The summed E-state index contributed by atoms with van der Waals surface area (Å²) in [5.41, 5.74) is 0. The second-order valence-corrected chi connectivity index (χ2v) is 4.70. The molecule has 0 radical (unpaired) electrons. The number of thioether (sulfide) groups is 1. The van der Waals surface area contributed by atoms with Gasteiger partial charge in [-0.15, -0.1) is 0 Å². The fourth-order valence-corrected chi connectivity index (χ4v) is 2.43. The quantitative estimate of drug-likeness (QED) is 0.640. The van der Waals surface area contributed by atoms with E-state index in [1.807, 2.05) is 12.3 Å². The summed E-state index contributed by atoms with van der Waals surface area (Å²) in [6.07, 6.45) is 7.18. The minimum absolute atomic E-state index is 0.207. The molecule has 1 atom stereocenters. The number of aliphatic hydroxyl groups is 1. The summed E-state index contributed by atoms with van der Waals surface area (Å²) in [5, 5.41) is 10.2. The lowest BCUT2D eigenvalue weighted by atomic mass is 10.0. The molecular formula is C11H17N3OS. The molecule has 1 aromatic rings. The van der Waals surface area contributed by atoms with Gasteiger partial charge in [0.05, 0.1) is 12.6 Å². The fourth-order valence-electron chi connectivity index (χ4n) is 2.08. The monoisotopic (exact) mass is 239 g/mol. The summed E-state index contributed by atoms with van der Waals surface area (Å²) in [6, 6.07) is 2.15. The summed E-state index contributed by atoms with van der Waals surface area (Å²) in [6.45, 7) is 1.19. The van der Waals surface area contributed by atoms with Crippen LogP contribution in [0.15, 0.2) is 17.4 Å². The molecule has 1 aliphatic heterocycles. The Kier molecular flexibility index (Phi) is 4.01. The third-order valence-corrected chi connectivity index (χ3v) is 3.50. The van der Waals surface area contributed by atoms with Crippen molar-refractivity contribution in [1.82, 2.24) is 9.97 Å². The SMILES string of the molecule is CSc1nccc(N2CCCCC2CO)n1. The van der Waals surface area contributed by atoms with Gasteiger partial charge in [0.1, 0.15) is 5.82 Å². The lowest BCUT2D eigenvalue weighted by molar-refractivity contribution is 0.239. The number of piperidine rings is 1. The third kappa shape index (κ3) is 2.47. The second kappa shape index (κ2) is 5.50. The molecule has 1 fully saturated rings. The van der Waals surface area contributed by atoms with E-state index in [0.29, 0.717) is 0 Å². The zero-order valence-corrected chi connectivity index (χ0v) is 10.3. The molecule has 16 heavy (non-hydrogen) atoms. The van der Waals surface area contributed by atoms with Gasteiger partial charge in [-0.05, 0) is 31.6 Å². The first-order chi connectivity index (χ1) is 7.85. The summed E-state index contributed by atoms with van der Waals surface area (Å²) < 4.78 is 0. The number of hydrogen-bond donors (Lipinski definition) is 1. The Morgan fingerprint density at radius 2 is 2.44 bits per heavy atom. The largest absolute Gasteiger partial charge is 0.394 e. The first-order valence-electron chi connectivity index (χ1n) is 5.59. The molecule has 4 nitrogen and oxygen atoms in total. The lowest BCUT2D eigenvalue weighted by Crippen LogP contribution is -2.42. The Morgan fingerprint density at radius 3 is 3.19 bits per heavy atom. The molecule has 88 valence electrons. The number of aliphatic hydroxyl groups excluding tert-OH is 1. The summed E-state index contributed by atoms with van der Waals surface area (Å²) in [7, 11) is 0. The van der Waals surface area contributed by atoms with E-state index in [1.54, 1.807) is 18.0 Å². The normalized spacial score (nSPS) is 21.1. The average Bonchev–Trinajstić information content (AvgIpc) is 2.38. The molecular weight excluding hydrogens is 222 g/mol. The molecule has 0 aromatic carbocycles. The Bertz CT molecular complexity index is 348. The number of anilines is 1. The average molecular weight is 239 g/mol. The minimum Gasteiger partial charge on any atom is -0.394 e. The van der Waals surface area contributed by atoms with Crippen molar-refractivity contribution < 1.29 is 5.11 Å². The summed E-state index contributed by atoms with van der Waals surface area (Å²) in [4.78, 5) is 10.8. The first kappa shape index (κ1) is 11.7. The maximum absolute atomic E-state index is 9.36. The van der Waals surface area contributed by atoms with Crippen LogP contribution in [0.4, 0.5) is 5.82 Å². The number of rotatable bonds is 3. The van der Waals surface area contributed by atoms with E-state index >= 15 is 0 Å². The van der Waals surface area contributed by atoms with Crippen LogP contribution in [0.5, 0.6) is 0 Å². The predicted octanol–water partition coefficient (Wildman–Crippen LogP) is 1.55. The minimum atomic E-state index is 0.207. The van der Waals surface area contributed by atoms with E-state index in [0.717, 1.165) is 23.9 Å². The molecule has 1 N–H and O–H groups in total. The van der Waals surface area contributed by atoms with Gasteiger partial charge in [0.25, 0.3) is 0 Å². The van der Waals surface area contributed by atoms with E-state index in [-0.39, 0.29) is 12.6 Å². The van der Waals surface area contributed by atoms with Crippen LogP contribution >= 0.6 is 11.8 Å². The molecule has 1 saturated heterocycles. The topological polar surface area (TPSA) is 49.2 Å². The van der Waals surface area contributed by atoms with Gasteiger partial charge in [-0.3, -0.25) is 0 Å². The van der Waals surface area contributed by atoms with E-state index in [1.165, 1.54) is 12.8 Å². The molecule has 0 spiro atoms. The molecule has 5 heteroatoms. The van der Waals surface area contributed by atoms with Crippen molar-refractivity contribution in [1.29, 1.82) is 0 Å². The van der Waals surface area contributed by atoms with Crippen molar-refractivity contribution in [2.24, 2.45) is 0 Å². The maximum atomic E-state index is 9.36. The van der Waals surface area contributed by atoms with Crippen LogP contribution in [0.2, 0.25) is 0 Å². The van der Waals surface area contributed by atoms with Gasteiger partial charge in [0, 0.05) is 12.7 Å². The summed E-state index contributed by atoms with van der Waals surface area (Å²) in [5.74, 6) is 0.943. The van der Waals surface area contributed by atoms with Crippen molar-refractivity contribution in [2.45, 2.75) is 30.5 Å². The van der Waals surface area contributed by atoms with Crippen LogP contribution in [-0.4, -0.2) is 40.5 Å². The number of nitrogens with zero attached hydrogens (tertiary/aromatic N) is 3. The van der Waals surface area contributed by atoms with E-state index in [9.17, 15) is 5.11 Å². The van der Waals surface area contributed by atoms with Crippen molar-refractivity contribution >= 4 is 17.6 Å². The zero-order valence-electron chi connectivity index (χ0n) is 9.46. The molecule has 0 amide bonds. The number of hydrogen-bond acceptors (Lipinski definition) is 5. The van der Waals surface area contributed by atoms with Crippen molar-refractivity contribution in [2.75, 3.05) is 24.3 Å². The third-order valence-electron chi connectivity index (χ3n) is 2.93. The van der Waals surface area contributed by atoms with E-state index in [2.05, 4.69) is 14.9 Å². The highest BCUT2D eigenvalue weighted by Gasteiger charge is 2.22. The molecule has 1 unspecified atom stereocenters. The molecule has 2 heterocycles. The van der Waals surface area contributed by atoms with E-state index in [4.69, 9.17) is 0 Å². The van der Waals surface area contributed by atoms with Crippen LogP contribution in [0.3, 0.4) is 0 Å². The van der Waals surface area contributed by atoms with Crippen LogP contribution < -0.4 is 4.90 Å². The highest BCUT2D eigenvalue weighted by atomic mass is 32.2. The Morgan fingerprint density at radius 1 is 1.56 bits per heavy atom. The Labute approximate surface area is 100 Å². The van der Waals surface area contributed by atoms with Gasteiger partial charge in [0.2, 0.25) is 0 Å². The predicted molar refractivity (Wildman–Crippen MR) is 65.9 cm³/mol. The van der Waals surface area contributed by atoms with Gasteiger partial charge >= 0.3 is 0 Å². The smallest absolute Gasteiger partial charge is 0.189 e. The van der Waals surface area contributed by atoms with Crippen LogP contribution in [0.25, 0.3) is 0 Å². The fraction of sp³-hybridized carbons (Fsp3) is 0.636. The summed E-state index contributed by atoms with van der Waals surface area (Å²) >= 11 is 1.54. The molecule has 0 saturated carbocycles. The molecule has 1 aromatic heterocycles. The highest BCUT2D eigenvalue weighted by Crippen LogP contribution is 2.23. The molecule has 0 aliphatic carbocycles. The second-order valence-electron chi connectivity index (χ2n) is 3.93. The van der Waals surface area contributed by atoms with Gasteiger partial charge in [-0.1, -0.05) is 11.8 Å². The molecule has 2 rings (SSSR count). The van der Waals surface area contributed by atoms with Crippen LogP contribution in [-0.2, 0) is 0 Å². The Balaban J connectivity index is 2.20. The van der Waals surface area contributed by atoms with Crippen molar-refractivity contribution in [3.05, 3.63) is 12.3 Å². The van der Waals surface area contributed by atoms with Gasteiger partial charge in [0.15, 0.2) is 5.16 Å². The van der Waals surface area contributed by atoms with Crippen LogP contribution in [0.1, 0.15) is 19.3 Å². The van der Waals surface area contributed by atoms with E-state index < -0.39 is 0 Å². The van der Waals surface area contributed by atoms with Crippen molar-refractivity contribution in [3.63, 3.8) is 0 Å². The lowest BCUT2D eigenvalue weighted by Gasteiger charge is -2.35. The molecule has 1 aliphatic rings. The van der Waals surface area contributed by atoms with Crippen LogP contribution in [0, 0.1) is 0 Å². The Hall–Kier alpha value is -0.810. The van der Waals surface area contributed by atoms with Crippen molar-refractivity contribution in [3.8, 4) is 0 Å². The van der Waals surface area contributed by atoms with Gasteiger partial charge in [-0.25, -0.2) is 9.97 Å². The molecule has 0 bridgehead atoms. The van der Waals surface area contributed by atoms with Gasteiger partial charge < -0.3 is 10.0 Å². The highest BCUT2D eigenvalue weighted by molar-refractivity contribution is 7.98.